The lowest BCUT2D eigenvalue weighted by Crippen LogP contribution is -2.37. The lowest BCUT2D eigenvalue weighted by atomic mass is 10.0. The van der Waals surface area contributed by atoms with Gasteiger partial charge in [0.15, 0.2) is 5.96 Å². The number of aliphatic hydroxyl groups excluding tert-OH is 1. The molecule has 0 saturated carbocycles. The average molecular weight is 376 g/mol. The molecule has 0 spiro atoms. The van der Waals surface area contributed by atoms with E-state index < -0.39 is 6.10 Å². The Kier molecular flexibility index (Phi) is 5.85. The van der Waals surface area contributed by atoms with Gasteiger partial charge in [-0.15, -0.1) is 0 Å². The van der Waals surface area contributed by atoms with Gasteiger partial charge in [0.2, 0.25) is 0 Å². The van der Waals surface area contributed by atoms with Crippen LogP contribution in [0.5, 0.6) is 11.5 Å². The molecule has 1 aliphatic heterocycles. The number of guanidine groups is 1. The topological polar surface area (TPSA) is 89.1 Å². The lowest BCUT2D eigenvalue weighted by molar-refractivity contribution is 0.182. The number of nitrogens with zero attached hydrogens (tertiary/aromatic N) is 1. The molecule has 0 radical (unpaired) electrons. The molecule has 138 valence electrons. The Morgan fingerprint density at radius 1 is 1.42 bits per heavy atom. The monoisotopic (exact) mass is 375 g/mol. The van der Waals surface area contributed by atoms with Crippen LogP contribution in [0.1, 0.15) is 29.7 Å². The number of rotatable bonds is 5. The Labute approximate surface area is 157 Å². The second kappa shape index (κ2) is 8.29. The summed E-state index contributed by atoms with van der Waals surface area (Å²) in [4.78, 5) is 4.27. The average Bonchev–Trinajstić information content (AvgIpc) is 2.66. The smallest absolute Gasteiger partial charge is 0.189 e. The third kappa shape index (κ3) is 4.20. The minimum absolute atomic E-state index is 0.0292. The molecule has 3 rings (SSSR count). The number of halogens is 1. The number of hydrogen-bond donors (Lipinski definition) is 3. The highest BCUT2D eigenvalue weighted by Gasteiger charge is 2.21. The summed E-state index contributed by atoms with van der Waals surface area (Å²) in [5, 5.41) is 14.1. The van der Waals surface area contributed by atoms with E-state index in [9.17, 15) is 5.11 Å². The summed E-state index contributed by atoms with van der Waals surface area (Å²) in [5.74, 6) is 1.68. The number of nitrogens with one attached hydrogen (secondary N) is 1. The molecule has 0 aliphatic carbocycles. The first-order valence-corrected chi connectivity index (χ1v) is 8.76. The number of hydrogen-bond acceptors (Lipinski definition) is 4. The molecule has 2 unspecified atom stereocenters. The van der Waals surface area contributed by atoms with Gasteiger partial charge in [-0.2, -0.15) is 0 Å². The Morgan fingerprint density at radius 2 is 2.23 bits per heavy atom. The molecular weight excluding hydrogens is 354 g/mol. The predicted octanol–water partition coefficient (Wildman–Crippen LogP) is 2.81. The fourth-order valence-corrected chi connectivity index (χ4v) is 3.15. The van der Waals surface area contributed by atoms with Gasteiger partial charge < -0.3 is 25.6 Å². The van der Waals surface area contributed by atoms with Crippen LogP contribution in [0.25, 0.3) is 0 Å². The first kappa shape index (κ1) is 18.4. The summed E-state index contributed by atoms with van der Waals surface area (Å²) in [6.07, 6.45) is -0.0799. The second-order valence-electron chi connectivity index (χ2n) is 6.00. The zero-order valence-electron chi connectivity index (χ0n) is 14.5. The molecule has 7 heteroatoms. The van der Waals surface area contributed by atoms with Crippen LogP contribution in [0.4, 0.5) is 0 Å². The molecule has 0 bridgehead atoms. The standard InChI is InChI=1S/C19H22ClN3O3/c1-25-17-7-6-12(20)10-14(17)16(24)11-22-19(21)23-15-8-9-26-18-5-3-2-4-13(15)18/h2-7,10,15-16,24H,8-9,11H2,1H3,(H3,21,22,23). The van der Waals surface area contributed by atoms with Gasteiger partial charge in [0.1, 0.15) is 17.6 Å². The molecule has 0 saturated heterocycles. The Morgan fingerprint density at radius 3 is 3.04 bits per heavy atom. The molecule has 0 aromatic heterocycles. The van der Waals surface area contributed by atoms with E-state index in [0.717, 1.165) is 17.7 Å². The zero-order chi connectivity index (χ0) is 18.5. The highest BCUT2D eigenvalue weighted by molar-refractivity contribution is 6.30. The van der Waals surface area contributed by atoms with Crippen LogP contribution >= 0.6 is 11.6 Å². The zero-order valence-corrected chi connectivity index (χ0v) is 15.2. The van der Waals surface area contributed by atoms with Gasteiger partial charge in [-0.25, -0.2) is 0 Å². The van der Waals surface area contributed by atoms with E-state index in [4.69, 9.17) is 26.8 Å². The first-order valence-electron chi connectivity index (χ1n) is 8.38. The van der Waals surface area contributed by atoms with Crippen molar-refractivity contribution < 1.29 is 14.6 Å². The van der Waals surface area contributed by atoms with Crippen LogP contribution < -0.4 is 20.5 Å². The maximum atomic E-state index is 10.4. The predicted molar refractivity (Wildman–Crippen MR) is 102 cm³/mol. The van der Waals surface area contributed by atoms with Gasteiger partial charge in [-0.1, -0.05) is 29.8 Å². The van der Waals surface area contributed by atoms with Crippen LogP contribution in [-0.2, 0) is 0 Å². The van der Waals surface area contributed by atoms with Gasteiger partial charge in [0.25, 0.3) is 0 Å². The summed E-state index contributed by atoms with van der Waals surface area (Å²) >= 11 is 6.01. The van der Waals surface area contributed by atoms with Crippen LogP contribution in [0.3, 0.4) is 0 Å². The van der Waals surface area contributed by atoms with E-state index in [0.29, 0.717) is 22.9 Å². The fraction of sp³-hybridized carbons (Fsp3) is 0.316. The van der Waals surface area contributed by atoms with Gasteiger partial charge in [0.05, 0.1) is 26.3 Å². The van der Waals surface area contributed by atoms with Crippen molar-refractivity contribution in [3.8, 4) is 11.5 Å². The molecule has 2 aromatic carbocycles. The number of methoxy groups -OCH3 is 1. The van der Waals surface area contributed by atoms with Gasteiger partial charge in [-0.3, -0.25) is 4.99 Å². The van der Waals surface area contributed by atoms with Crippen LogP contribution in [0.2, 0.25) is 5.02 Å². The number of aliphatic hydroxyl groups is 1. The van der Waals surface area contributed by atoms with E-state index in [-0.39, 0.29) is 18.5 Å². The van der Waals surface area contributed by atoms with Crippen molar-refractivity contribution in [1.29, 1.82) is 0 Å². The Bertz CT molecular complexity index is 797. The Balaban J connectivity index is 1.67. The second-order valence-corrected chi connectivity index (χ2v) is 6.44. The molecule has 0 fully saturated rings. The van der Waals surface area contributed by atoms with Crippen molar-refractivity contribution in [2.24, 2.45) is 10.7 Å². The first-order chi connectivity index (χ1) is 12.6. The molecule has 26 heavy (non-hydrogen) atoms. The van der Waals surface area contributed by atoms with Crippen molar-refractivity contribution in [2.45, 2.75) is 18.6 Å². The largest absolute Gasteiger partial charge is 0.496 e. The summed E-state index contributed by atoms with van der Waals surface area (Å²) in [6.45, 7) is 0.713. The maximum Gasteiger partial charge on any atom is 0.189 e. The van der Waals surface area contributed by atoms with E-state index in [1.54, 1.807) is 25.3 Å². The Hall–Kier alpha value is -2.44. The number of ether oxygens (including phenoxy) is 2. The maximum absolute atomic E-state index is 10.4. The van der Waals surface area contributed by atoms with Crippen molar-refractivity contribution >= 4 is 17.6 Å². The van der Waals surface area contributed by atoms with Crippen LogP contribution in [0, 0.1) is 0 Å². The molecule has 1 aliphatic rings. The van der Waals surface area contributed by atoms with E-state index in [1.165, 1.54) is 0 Å². The van der Waals surface area contributed by atoms with Crippen LogP contribution in [-0.4, -0.2) is 31.3 Å². The fourth-order valence-electron chi connectivity index (χ4n) is 2.96. The van der Waals surface area contributed by atoms with Crippen molar-refractivity contribution in [2.75, 3.05) is 20.3 Å². The molecule has 6 nitrogen and oxygen atoms in total. The summed E-state index contributed by atoms with van der Waals surface area (Å²) in [6, 6.07) is 13.0. The van der Waals surface area contributed by atoms with E-state index in [2.05, 4.69) is 10.3 Å². The quantitative estimate of drug-likeness (QED) is 0.552. The molecule has 4 N–H and O–H groups in total. The highest BCUT2D eigenvalue weighted by Crippen LogP contribution is 2.31. The number of nitrogens with two attached hydrogens (primary N) is 1. The number of benzene rings is 2. The van der Waals surface area contributed by atoms with E-state index >= 15 is 0 Å². The molecule has 1 heterocycles. The van der Waals surface area contributed by atoms with Crippen molar-refractivity contribution in [3.05, 3.63) is 58.6 Å². The SMILES string of the molecule is COc1ccc(Cl)cc1C(O)CN=C(N)NC1CCOc2ccccc21. The summed E-state index contributed by atoms with van der Waals surface area (Å²) < 4.78 is 10.9. The lowest BCUT2D eigenvalue weighted by Gasteiger charge is -2.27. The number of para-hydroxylation sites is 1. The van der Waals surface area contributed by atoms with Gasteiger partial charge in [-0.05, 0) is 24.3 Å². The van der Waals surface area contributed by atoms with Crippen molar-refractivity contribution in [1.82, 2.24) is 5.32 Å². The highest BCUT2D eigenvalue weighted by atomic mass is 35.5. The molecular formula is C19H22ClN3O3. The third-order valence-corrected chi connectivity index (χ3v) is 4.50. The molecule has 0 amide bonds. The number of aliphatic imine (C=N–C) groups is 1. The molecule has 2 aromatic rings. The summed E-state index contributed by atoms with van der Waals surface area (Å²) in [5.41, 5.74) is 7.64. The number of fused-ring (bicyclic) bond motifs is 1. The minimum Gasteiger partial charge on any atom is -0.496 e. The normalized spacial score (nSPS) is 17.8. The van der Waals surface area contributed by atoms with Crippen LogP contribution in [0.15, 0.2) is 47.5 Å². The molecule has 2 atom stereocenters. The summed E-state index contributed by atoms with van der Waals surface area (Å²) in [7, 11) is 1.54. The van der Waals surface area contributed by atoms with Gasteiger partial charge in [0, 0.05) is 22.6 Å². The van der Waals surface area contributed by atoms with Crippen molar-refractivity contribution in [3.63, 3.8) is 0 Å². The van der Waals surface area contributed by atoms with E-state index in [1.807, 2.05) is 24.3 Å². The van der Waals surface area contributed by atoms with Gasteiger partial charge >= 0.3 is 0 Å². The third-order valence-electron chi connectivity index (χ3n) is 4.27. The minimum atomic E-state index is -0.869.